The molecule has 1 aliphatic carbocycles. The van der Waals surface area contributed by atoms with Crippen molar-refractivity contribution in [2.24, 2.45) is 5.92 Å². The molecule has 3 rings (SSSR count). The van der Waals surface area contributed by atoms with E-state index in [1.807, 2.05) is 12.1 Å². The highest BCUT2D eigenvalue weighted by atomic mass is 19.3. The summed E-state index contributed by atoms with van der Waals surface area (Å²) < 4.78 is 31.2. The molecule has 0 spiro atoms. The maximum absolute atomic E-state index is 12.8. The topological polar surface area (TPSA) is 9.23 Å². The van der Waals surface area contributed by atoms with E-state index in [4.69, 9.17) is 4.74 Å². The molecule has 0 heterocycles. The van der Waals surface area contributed by atoms with Gasteiger partial charge in [-0.2, -0.15) is 0 Å². The van der Waals surface area contributed by atoms with Gasteiger partial charge in [0.1, 0.15) is 5.75 Å². The van der Waals surface area contributed by atoms with Gasteiger partial charge in [0.25, 0.3) is 0 Å². The SMILES string of the molecule is CCCOc1ccc(-c2ccc([C@H]3CC[C@H](C(F)F)CC3)cc2)cc1. The van der Waals surface area contributed by atoms with Gasteiger partial charge in [0.2, 0.25) is 6.43 Å². The van der Waals surface area contributed by atoms with E-state index in [1.165, 1.54) is 11.1 Å². The van der Waals surface area contributed by atoms with E-state index in [2.05, 4.69) is 43.3 Å². The van der Waals surface area contributed by atoms with Crippen LogP contribution >= 0.6 is 0 Å². The lowest BCUT2D eigenvalue weighted by molar-refractivity contribution is 0.0528. The van der Waals surface area contributed by atoms with Crippen molar-refractivity contribution in [1.82, 2.24) is 0 Å². The molecule has 1 aliphatic rings. The average Bonchev–Trinajstić information content (AvgIpc) is 2.67. The maximum atomic E-state index is 12.8. The highest BCUT2D eigenvalue weighted by molar-refractivity contribution is 5.64. The first-order valence-electron chi connectivity index (χ1n) is 9.28. The minimum absolute atomic E-state index is 0.399. The summed E-state index contributed by atoms with van der Waals surface area (Å²) >= 11 is 0. The fourth-order valence-corrected chi connectivity index (χ4v) is 3.62. The first kappa shape index (κ1) is 17.9. The molecular weight excluding hydrogens is 318 g/mol. The Morgan fingerprint density at radius 1 is 0.880 bits per heavy atom. The van der Waals surface area contributed by atoms with Gasteiger partial charge in [-0.3, -0.25) is 0 Å². The average molecular weight is 344 g/mol. The normalized spacial score (nSPS) is 20.6. The van der Waals surface area contributed by atoms with Gasteiger partial charge in [-0.05, 0) is 66.8 Å². The highest BCUT2D eigenvalue weighted by Crippen LogP contribution is 2.38. The van der Waals surface area contributed by atoms with Gasteiger partial charge in [0.15, 0.2) is 0 Å². The molecule has 0 atom stereocenters. The fraction of sp³-hybridized carbons (Fsp3) is 0.455. The van der Waals surface area contributed by atoms with Gasteiger partial charge in [0, 0.05) is 5.92 Å². The number of hydrogen-bond acceptors (Lipinski definition) is 1. The number of alkyl halides is 2. The van der Waals surface area contributed by atoms with E-state index >= 15 is 0 Å². The van der Waals surface area contributed by atoms with Crippen LogP contribution in [0.3, 0.4) is 0 Å². The summed E-state index contributed by atoms with van der Waals surface area (Å²) in [6.07, 6.45) is 1.87. The third-order valence-corrected chi connectivity index (χ3v) is 5.17. The van der Waals surface area contributed by atoms with E-state index in [1.54, 1.807) is 0 Å². The van der Waals surface area contributed by atoms with Crippen molar-refractivity contribution in [3.05, 3.63) is 54.1 Å². The summed E-state index contributed by atoms with van der Waals surface area (Å²) in [7, 11) is 0. The zero-order valence-corrected chi connectivity index (χ0v) is 14.8. The standard InChI is InChI=1S/C22H26F2O/c1-2-15-25-21-13-11-19(12-14-21)17-5-3-16(4-6-17)18-7-9-20(10-8-18)22(23)24/h3-6,11-14,18,20,22H,2,7-10,15H2,1H3/t18-,20-. The van der Waals surface area contributed by atoms with Crippen molar-refractivity contribution in [2.75, 3.05) is 6.61 Å². The maximum Gasteiger partial charge on any atom is 0.241 e. The highest BCUT2D eigenvalue weighted by Gasteiger charge is 2.27. The molecule has 0 bridgehead atoms. The van der Waals surface area contributed by atoms with E-state index < -0.39 is 12.3 Å². The molecule has 0 aliphatic heterocycles. The van der Waals surface area contributed by atoms with E-state index in [-0.39, 0.29) is 0 Å². The Morgan fingerprint density at radius 3 is 1.96 bits per heavy atom. The van der Waals surface area contributed by atoms with Crippen LogP contribution in [-0.2, 0) is 0 Å². The first-order valence-corrected chi connectivity index (χ1v) is 9.28. The molecule has 25 heavy (non-hydrogen) atoms. The number of rotatable bonds is 6. The summed E-state index contributed by atoms with van der Waals surface area (Å²) in [5, 5.41) is 0. The van der Waals surface area contributed by atoms with Crippen LogP contribution in [0.15, 0.2) is 48.5 Å². The summed E-state index contributed by atoms with van der Waals surface area (Å²) in [4.78, 5) is 0. The van der Waals surface area contributed by atoms with Crippen LogP contribution in [0.2, 0.25) is 0 Å². The second-order valence-corrected chi connectivity index (χ2v) is 6.94. The van der Waals surface area contributed by atoms with Crippen LogP contribution in [0.25, 0.3) is 11.1 Å². The zero-order chi connectivity index (χ0) is 17.6. The van der Waals surface area contributed by atoms with Gasteiger partial charge in [0.05, 0.1) is 6.61 Å². The summed E-state index contributed by atoms with van der Waals surface area (Å²) in [6.45, 7) is 2.83. The van der Waals surface area contributed by atoms with Gasteiger partial charge in [-0.1, -0.05) is 43.3 Å². The van der Waals surface area contributed by atoms with Crippen molar-refractivity contribution in [1.29, 1.82) is 0 Å². The molecule has 2 aromatic rings. The van der Waals surface area contributed by atoms with Crippen molar-refractivity contribution in [3.8, 4) is 16.9 Å². The monoisotopic (exact) mass is 344 g/mol. The van der Waals surface area contributed by atoms with Crippen molar-refractivity contribution < 1.29 is 13.5 Å². The molecule has 1 saturated carbocycles. The number of ether oxygens (including phenoxy) is 1. The smallest absolute Gasteiger partial charge is 0.241 e. The summed E-state index contributed by atoms with van der Waals surface area (Å²) in [6, 6.07) is 16.7. The summed E-state index contributed by atoms with van der Waals surface area (Å²) in [5.74, 6) is 0.927. The van der Waals surface area contributed by atoms with Crippen LogP contribution in [0.5, 0.6) is 5.75 Å². The molecule has 0 amide bonds. The van der Waals surface area contributed by atoms with Gasteiger partial charge in [-0.25, -0.2) is 8.78 Å². The van der Waals surface area contributed by atoms with Crippen LogP contribution in [0.1, 0.15) is 50.5 Å². The van der Waals surface area contributed by atoms with Gasteiger partial charge >= 0.3 is 0 Å². The Balaban J connectivity index is 1.62. The lowest BCUT2D eigenvalue weighted by atomic mass is 9.78. The molecule has 3 heteroatoms. The van der Waals surface area contributed by atoms with Crippen LogP contribution in [0.4, 0.5) is 8.78 Å². The third-order valence-electron chi connectivity index (χ3n) is 5.17. The summed E-state index contributed by atoms with van der Waals surface area (Å²) in [5.41, 5.74) is 3.61. The van der Waals surface area contributed by atoms with E-state index in [9.17, 15) is 8.78 Å². The van der Waals surface area contributed by atoms with Crippen LogP contribution in [-0.4, -0.2) is 13.0 Å². The Bertz CT molecular complexity index is 641. The predicted octanol–water partition coefficient (Wildman–Crippen LogP) is 6.68. The Morgan fingerprint density at radius 2 is 1.44 bits per heavy atom. The second kappa shape index (κ2) is 8.46. The van der Waals surface area contributed by atoms with Gasteiger partial charge < -0.3 is 4.74 Å². The zero-order valence-electron chi connectivity index (χ0n) is 14.8. The minimum atomic E-state index is -2.16. The lowest BCUT2D eigenvalue weighted by Gasteiger charge is -2.28. The second-order valence-electron chi connectivity index (χ2n) is 6.94. The molecule has 0 unspecified atom stereocenters. The molecule has 1 fully saturated rings. The molecule has 0 saturated heterocycles. The Kier molecular flexibility index (Phi) is 6.06. The largest absolute Gasteiger partial charge is 0.494 e. The first-order chi connectivity index (χ1) is 12.2. The van der Waals surface area contributed by atoms with Crippen LogP contribution in [0, 0.1) is 5.92 Å². The molecule has 0 radical (unpaired) electrons. The number of halogens is 2. The van der Waals surface area contributed by atoms with Crippen LogP contribution < -0.4 is 4.74 Å². The van der Waals surface area contributed by atoms with Crippen molar-refractivity contribution >= 4 is 0 Å². The third kappa shape index (κ3) is 4.59. The molecule has 0 aromatic heterocycles. The molecule has 134 valence electrons. The number of benzene rings is 2. The minimum Gasteiger partial charge on any atom is -0.494 e. The van der Waals surface area contributed by atoms with E-state index in [0.717, 1.165) is 37.2 Å². The quantitative estimate of drug-likeness (QED) is 0.568. The molecule has 1 nitrogen and oxygen atoms in total. The molecule has 2 aromatic carbocycles. The Hall–Kier alpha value is -1.90. The molecular formula is C22H26F2O. The fourth-order valence-electron chi connectivity index (χ4n) is 3.62. The van der Waals surface area contributed by atoms with Crippen molar-refractivity contribution in [2.45, 2.75) is 51.4 Å². The van der Waals surface area contributed by atoms with Gasteiger partial charge in [-0.15, -0.1) is 0 Å². The Labute approximate surface area is 149 Å². The predicted molar refractivity (Wildman–Crippen MR) is 98.4 cm³/mol. The van der Waals surface area contributed by atoms with Crippen molar-refractivity contribution in [3.63, 3.8) is 0 Å². The lowest BCUT2D eigenvalue weighted by Crippen LogP contribution is -2.19. The molecule has 0 N–H and O–H groups in total. The van der Waals surface area contributed by atoms with E-state index in [0.29, 0.717) is 18.8 Å². The number of hydrogen-bond donors (Lipinski definition) is 0.